The highest BCUT2D eigenvalue weighted by Crippen LogP contribution is 2.61. The summed E-state index contributed by atoms with van der Waals surface area (Å²) < 4.78 is 32.1. The van der Waals surface area contributed by atoms with Crippen molar-refractivity contribution in [2.45, 2.75) is 56.3 Å². The van der Waals surface area contributed by atoms with Gasteiger partial charge < -0.3 is 15.4 Å². The van der Waals surface area contributed by atoms with Crippen molar-refractivity contribution in [1.29, 1.82) is 0 Å². The molecule has 3 aromatic carbocycles. The van der Waals surface area contributed by atoms with Crippen LogP contribution in [-0.2, 0) is 0 Å². The molecular weight excluding hydrogens is 478 g/mol. The van der Waals surface area contributed by atoms with Crippen molar-refractivity contribution >= 4 is 17.3 Å². The first-order valence-electron chi connectivity index (χ1n) is 12.9. The Morgan fingerprint density at radius 3 is 2.19 bits per heavy atom. The van der Waals surface area contributed by atoms with E-state index in [9.17, 15) is 8.78 Å². The molecule has 3 nitrogen and oxygen atoms in total. The summed E-state index contributed by atoms with van der Waals surface area (Å²) in [5.41, 5.74) is 10.2. The first kappa shape index (κ1) is 23.7. The summed E-state index contributed by atoms with van der Waals surface area (Å²) in [7, 11) is 0. The molecule has 6 rings (SSSR count). The highest BCUT2D eigenvalue weighted by atomic mass is 35.5. The van der Waals surface area contributed by atoms with Crippen molar-refractivity contribution in [2.24, 2.45) is 23.5 Å². The molecule has 0 radical (unpaired) electrons. The zero-order chi connectivity index (χ0) is 24.8. The Hall–Kier alpha value is -2.63. The van der Waals surface area contributed by atoms with E-state index in [1.807, 2.05) is 12.1 Å². The fourth-order valence-electron chi connectivity index (χ4n) is 7.25. The minimum Gasteiger partial charge on any atom is -0.433 e. The molecule has 6 unspecified atom stereocenters. The molecule has 36 heavy (non-hydrogen) atoms. The smallest absolute Gasteiger partial charge is 0.387 e. The molecule has 0 aromatic heterocycles. The van der Waals surface area contributed by atoms with E-state index in [1.54, 1.807) is 18.2 Å². The minimum absolute atomic E-state index is 0.0404. The monoisotopic (exact) mass is 508 g/mol. The van der Waals surface area contributed by atoms with E-state index in [0.29, 0.717) is 28.5 Å². The van der Waals surface area contributed by atoms with Crippen LogP contribution in [0.25, 0.3) is 0 Å². The summed E-state index contributed by atoms with van der Waals surface area (Å²) in [6, 6.07) is 25.8. The Morgan fingerprint density at radius 2 is 1.56 bits per heavy atom. The molecule has 1 aliphatic heterocycles. The number of benzene rings is 3. The van der Waals surface area contributed by atoms with Crippen LogP contribution in [0, 0.1) is 17.8 Å². The summed E-state index contributed by atoms with van der Waals surface area (Å²) in [5.74, 6) is 1.81. The van der Waals surface area contributed by atoms with Crippen molar-refractivity contribution in [3.05, 3.63) is 95.0 Å². The van der Waals surface area contributed by atoms with Gasteiger partial charge in [-0.05, 0) is 66.3 Å². The molecule has 188 valence electrons. The van der Waals surface area contributed by atoms with E-state index in [2.05, 4.69) is 53.4 Å². The van der Waals surface area contributed by atoms with E-state index in [4.69, 9.17) is 22.1 Å². The number of anilines is 1. The number of alkyl halides is 2. The second-order valence-electron chi connectivity index (χ2n) is 10.5. The molecule has 0 amide bonds. The first-order valence-corrected chi connectivity index (χ1v) is 13.3. The Morgan fingerprint density at radius 1 is 0.889 bits per heavy atom. The Labute approximate surface area is 216 Å². The zero-order valence-corrected chi connectivity index (χ0v) is 20.8. The van der Waals surface area contributed by atoms with Gasteiger partial charge in [0.05, 0.1) is 11.7 Å². The highest BCUT2D eigenvalue weighted by molar-refractivity contribution is 6.31. The van der Waals surface area contributed by atoms with Crippen molar-refractivity contribution < 1.29 is 13.5 Å². The highest BCUT2D eigenvalue weighted by Gasteiger charge is 2.60. The molecule has 2 bridgehead atoms. The average Bonchev–Trinajstić information content (AvgIpc) is 3.61. The van der Waals surface area contributed by atoms with Gasteiger partial charge in [-0.1, -0.05) is 78.7 Å². The molecule has 2 N–H and O–H groups in total. The lowest BCUT2D eigenvalue weighted by Gasteiger charge is -2.46. The number of ether oxygens (including phenoxy) is 1. The normalized spacial score (nSPS) is 29.1. The maximum absolute atomic E-state index is 13.5. The van der Waals surface area contributed by atoms with Gasteiger partial charge in [0.25, 0.3) is 0 Å². The third-order valence-corrected chi connectivity index (χ3v) is 8.88. The number of hydrogen-bond acceptors (Lipinski definition) is 3. The molecule has 6 heteroatoms. The van der Waals surface area contributed by atoms with Gasteiger partial charge in [-0.25, -0.2) is 0 Å². The first-order chi connectivity index (χ1) is 17.5. The number of hydrogen-bond donors (Lipinski definition) is 1. The van der Waals surface area contributed by atoms with Crippen molar-refractivity contribution in [2.75, 3.05) is 4.90 Å². The quantitative estimate of drug-likeness (QED) is 0.386. The largest absolute Gasteiger partial charge is 0.433 e. The molecular formula is C30H31ClF2N2O. The summed E-state index contributed by atoms with van der Waals surface area (Å²) in [4.78, 5) is 2.33. The maximum atomic E-state index is 13.5. The van der Waals surface area contributed by atoms with Crippen molar-refractivity contribution in [3.63, 3.8) is 0 Å². The molecule has 3 fully saturated rings. The molecule has 1 heterocycles. The third-order valence-electron chi connectivity index (χ3n) is 8.64. The standard InChI is InChI=1S/C30H31ClF2N2O/c31-20-14-15-25(36-30(32)33)24(16-20)35-21-12-7-13-22-23(17-21)27(22)28(34)29(35)26(18-8-3-1-4-9-18)19-10-5-2-6-11-19/h1-6,8-11,14-16,21-23,26-30H,7,12-13,17,34H2. The van der Waals surface area contributed by atoms with Gasteiger partial charge in [0.15, 0.2) is 0 Å². The van der Waals surface area contributed by atoms with Crippen molar-refractivity contribution in [1.82, 2.24) is 0 Å². The molecule has 3 aliphatic rings. The topological polar surface area (TPSA) is 38.5 Å². The van der Waals surface area contributed by atoms with Crippen molar-refractivity contribution in [3.8, 4) is 5.75 Å². The Balaban J connectivity index is 1.57. The summed E-state index contributed by atoms with van der Waals surface area (Å²) in [6.45, 7) is -2.92. The number of halogens is 3. The van der Waals surface area contributed by atoms with E-state index in [0.717, 1.165) is 19.3 Å². The fraction of sp³-hybridized carbons (Fsp3) is 0.400. The molecule has 3 aromatic rings. The zero-order valence-electron chi connectivity index (χ0n) is 20.0. The average molecular weight is 509 g/mol. The number of rotatable bonds is 6. The third kappa shape index (κ3) is 4.26. The molecule has 2 saturated carbocycles. The fourth-order valence-corrected chi connectivity index (χ4v) is 7.42. The summed E-state index contributed by atoms with van der Waals surface area (Å²) in [6.07, 6.45) is 4.33. The maximum Gasteiger partial charge on any atom is 0.387 e. The van der Waals surface area contributed by atoms with Gasteiger partial charge in [0.2, 0.25) is 0 Å². The van der Waals surface area contributed by atoms with Crippen LogP contribution >= 0.6 is 11.6 Å². The lowest BCUT2D eigenvalue weighted by Crippen LogP contribution is -2.55. The summed E-state index contributed by atoms with van der Waals surface area (Å²) >= 11 is 6.48. The van der Waals surface area contributed by atoms with Crippen LogP contribution in [0.3, 0.4) is 0 Å². The van der Waals surface area contributed by atoms with E-state index in [1.165, 1.54) is 17.5 Å². The predicted molar refractivity (Wildman–Crippen MR) is 140 cm³/mol. The Kier molecular flexibility index (Phi) is 6.38. The van der Waals surface area contributed by atoms with Crippen LogP contribution in [0.5, 0.6) is 5.75 Å². The van der Waals surface area contributed by atoms with Crippen LogP contribution < -0.4 is 15.4 Å². The minimum atomic E-state index is -2.92. The lowest BCUT2D eigenvalue weighted by molar-refractivity contribution is -0.0496. The van der Waals surface area contributed by atoms with Gasteiger partial charge in [0.1, 0.15) is 5.75 Å². The van der Waals surface area contributed by atoms with Gasteiger partial charge in [-0.2, -0.15) is 8.78 Å². The van der Waals surface area contributed by atoms with Crippen LogP contribution in [0.2, 0.25) is 5.02 Å². The molecule has 6 atom stereocenters. The van der Waals surface area contributed by atoms with Gasteiger partial charge >= 0.3 is 6.61 Å². The van der Waals surface area contributed by atoms with Crippen LogP contribution in [-0.4, -0.2) is 24.7 Å². The molecule has 0 spiro atoms. The number of nitrogens with zero attached hydrogens (tertiary/aromatic N) is 1. The predicted octanol–water partition coefficient (Wildman–Crippen LogP) is 7.09. The van der Waals surface area contributed by atoms with Gasteiger partial charge in [-0.3, -0.25) is 0 Å². The SMILES string of the molecule is NC1C2C3CCCC(CC32)N(c2cc(Cl)ccc2OC(F)F)C1C(c1ccccc1)c1ccccc1. The lowest BCUT2D eigenvalue weighted by atomic mass is 9.79. The number of nitrogens with two attached hydrogens (primary N) is 1. The van der Waals surface area contributed by atoms with Crippen LogP contribution in [0.15, 0.2) is 78.9 Å². The van der Waals surface area contributed by atoms with E-state index >= 15 is 0 Å². The van der Waals surface area contributed by atoms with E-state index < -0.39 is 6.61 Å². The number of fused-ring (bicyclic) bond motifs is 2. The second-order valence-corrected chi connectivity index (χ2v) is 10.9. The second kappa shape index (κ2) is 9.68. The van der Waals surface area contributed by atoms with Gasteiger partial charge in [-0.15, -0.1) is 0 Å². The molecule has 2 aliphatic carbocycles. The Bertz CT molecular complexity index is 1150. The van der Waals surface area contributed by atoms with E-state index in [-0.39, 0.29) is 29.8 Å². The summed E-state index contributed by atoms with van der Waals surface area (Å²) in [5, 5.41) is 0.496. The van der Waals surface area contributed by atoms with Gasteiger partial charge in [0, 0.05) is 23.0 Å². The van der Waals surface area contributed by atoms with Crippen LogP contribution in [0.4, 0.5) is 14.5 Å². The van der Waals surface area contributed by atoms with Crippen LogP contribution in [0.1, 0.15) is 42.7 Å². The molecule has 1 saturated heterocycles.